The van der Waals surface area contributed by atoms with E-state index in [1.807, 2.05) is 0 Å². The lowest BCUT2D eigenvalue weighted by Gasteiger charge is -2.18. The number of nitrogens with one attached hydrogen (secondary N) is 3. The van der Waals surface area contributed by atoms with Gasteiger partial charge in [-0.2, -0.15) is 0 Å². The zero-order valence-corrected chi connectivity index (χ0v) is 16.3. The summed E-state index contributed by atoms with van der Waals surface area (Å²) in [5, 5.41) is 5.32. The SMILES string of the molecule is O=C1COc2ccc(C(=O)Nc3ccc(S(=O)(=O)Nc4ccccn4)cc3)cc2N1. The molecule has 0 radical (unpaired) electrons. The normalized spacial score (nSPS) is 12.9. The Labute approximate surface area is 172 Å². The molecule has 4 rings (SSSR count). The topological polar surface area (TPSA) is 126 Å². The van der Waals surface area contributed by atoms with Crippen molar-refractivity contribution in [1.82, 2.24) is 4.98 Å². The van der Waals surface area contributed by atoms with Crippen LogP contribution in [-0.4, -0.2) is 31.8 Å². The molecule has 9 nitrogen and oxygen atoms in total. The quantitative estimate of drug-likeness (QED) is 0.578. The standard InChI is InChI=1S/C20H16N4O5S/c25-19-12-29-17-9-4-13(11-16(17)23-19)20(26)22-14-5-7-15(8-6-14)30(27,28)24-18-3-1-2-10-21-18/h1-11H,12H2,(H,21,24)(H,22,26)(H,23,25). The van der Waals surface area contributed by atoms with Crippen LogP contribution in [0.3, 0.4) is 0 Å². The Morgan fingerprint density at radius 2 is 1.87 bits per heavy atom. The van der Waals surface area contributed by atoms with Gasteiger partial charge in [0.25, 0.3) is 21.8 Å². The summed E-state index contributed by atoms with van der Waals surface area (Å²) < 4.78 is 32.5. The summed E-state index contributed by atoms with van der Waals surface area (Å²) in [4.78, 5) is 27.9. The largest absolute Gasteiger partial charge is 0.482 e. The molecule has 0 saturated carbocycles. The van der Waals surface area contributed by atoms with Gasteiger partial charge in [0.15, 0.2) is 6.61 Å². The van der Waals surface area contributed by atoms with E-state index in [1.165, 1.54) is 42.6 Å². The van der Waals surface area contributed by atoms with E-state index in [4.69, 9.17) is 4.74 Å². The van der Waals surface area contributed by atoms with E-state index in [2.05, 4.69) is 20.3 Å². The van der Waals surface area contributed by atoms with Crippen LogP contribution in [0.1, 0.15) is 10.4 Å². The lowest BCUT2D eigenvalue weighted by atomic mass is 10.1. The van der Waals surface area contributed by atoms with Crippen molar-refractivity contribution < 1.29 is 22.7 Å². The molecule has 0 spiro atoms. The van der Waals surface area contributed by atoms with Crippen molar-refractivity contribution in [2.45, 2.75) is 4.90 Å². The van der Waals surface area contributed by atoms with Gasteiger partial charge in [0.05, 0.1) is 10.6 Å². The van der Waals surface area contributed by atoms with E-state index in [9.17, 15) is 18.0 Å². The van der Waals surface area contributed by atoms with E-state index >= 15 is 0 Å². The predicted octanol–water partition coefficient (Wildman–Crippen LogP) is 2.47. The first kappa shape index (κ1) is 19.4. The van der Waals surface area contributed by atoms with Gasteiger partial charge in [-0.15, -0.1) is 0 Å². The summed E-state index contributed by atoms with van der Waals surface area (Å²) in [5.41, 5.74) is 1.14. The lowest BCUT2D eigenvalue weighted by molar-refractivity contribution is -0.118. The molecule has 3 N–H and O–H groups in total. The number of rotatable bonds is 5. The summed E-state index contributed by atoms with van der Waals surface area (Å²) in [6.45, 7) is -0.0665. The molecule has 2 amide bonds. The number of hydrogen-bond acceptors (Lipinski definition) is 6. The minimum Gasteiger partial charge on any atom is -0.482 e. The Morgan fingerprint density at radius 1 is 1.07 bits per heavy atom. The first-order valence-corrected chi connectivity index (χ1v) is 10.3. The fraction of sp³-hybridized carbons (Fsp3) is 0.0500. The highest BCUT2D eigenvalue weighted by Crippen LogP contribution is 2.28. The number of pyridine rings is 1. The van der Waals surface area contributed by atoms with Crippen LogP contribution in [0.5, 0.6) is 5.75 Å². The van der Waals surface area contributed by atoms with Crippen LogP contribution in [0.25, 0.3) is 0 Å². The van der Waals surface area contributed by atoms with Gasteiger partial charge in [-0.25, -0.2) is 13.4 Å². The number of benzene rings is 2. The van der Waals surface area contributed by atoms with Crippen LogP contribution in [0.15, 0.2) is 71.8 Å². The molecule has 0 bridgehead atoms. The highest BCUT2D eigenvalue weighted by Gasteiger charge is 2.18. The van der Waals surface area contributed by atoms with E-state index < -0.39 is 15.9 Å². The molecule has 0 saturated heterocycles. The van der Waals surface area contributed by atoms with Gasteiger partial charge < -0.3 is 15.4 Å². The van der Waals surface area contributed by atoms with Gasteiger partial charge >= 0.3 is 0 Å². The molecule has 1 aromatic heterocycles. The molecule has 0 aliphatic carbocycles. The number of carbonyl (C=O) groups excluding carboxylic acids is 2. The Bertz CT molecular complexity index is 1210. The van der Waals surface area contributed by atoms with Crippen LogP contribution in [0.4, 0.5) is 17.2 Å². The molecular weight excluding hydrogens is 408 g/mol. The van der Waals surface area contributed by atoms with Crippen molar-refractivity contribution in [3.63, 3.8) is 0 Å². The van der Waals surface area contributed by atoms with Crippen LogP contribution in [0, 0.1) is 0 Å². The van der Waals surface area contributed by atoms with Gasteiger partial charge in [-0.1, -0.05) is 6.07 Å². The zero-order chi connectivity index (χ0) is 21.1. The number of ether oxygens (including phenoxy) is 1. The van der Waals surface area contributed by atoms with Crippen LogP contribution < -0.4 is 20.1 Å². The summed E-state index contributed by atoms with van der Waals surface area (Å²) in [6, 6.07) is 15.3. The molecule has 3 aromatic rings. The molecule has 0 atom stereocenters. The maximum Gasteiger partial charge on any atom is 0.263 e. The fourth-order valence-corrected chi connectivity index (χ4v) is 3.77. The molecule has 1 aliphatic heterocycles. The van der Waals surface area contributed by atoms with Crippen LogP contribution >= 0.6 is 0 Å². The maximum absolute atomic E-state index is 12.5. The van der Waals surface area contributed by atoms with Crippen LogP contribution in [0.2, 0.25) is 0 Å². The third kappa shape index (κ3) is 4.23. The van der Waals surface area contributed by atoms with E-state index in [-0.39, 0.29) is 23.2 Å². The number of carbonyl (C=O) groups is 2. The first-order chi connectivity index (χ1) is 14.4. The van der Waals surface area contributed by atoms with Crippen molar-refractivity contribution in [3.05, 3.63) is 72.4 Å². The number of hydrogen-bond donors (Lipinski definition) is 3. The second kappa shape index (κ2) is 7.84. The number of amides is 2. The predicted molar refractivity (Wildman–Crippen MR) is 110 cm³/mol. The molecular formula is C20H16N4O5S. The average molecular weight is 424 g/mol. The van der Waals surface area contributed by atoms with Gasteiger partial charge in [-0.05, 0) is 54.6 Å². The molecule has 1 aliphatic rings. The molecule has 0 fully saturated rings. The van der Waals surface area contributed by atoms with Gasteiger partial charge in [-0.3, -0.25) is 14.3 Å². The average Bonchev–Trinajstić information content (AvgIpc) is 2.74. The third-order valence-corrected chi connectivity index (χ3v) is 5.57. The van der Waals surface area contributed by atoms with E-state index in [0.717, 1.165) is 0 Å². The van der Waals surface area contributed by atoms with Crippen molar-refractivity contribution in [1.29, 1.82) is 0 Å². The molecule has 30 heavy (non-hydrogen) atoms. The fourth-order valence-electron chi connectivity index (χ4n) is 2.76. The molecule has 0 unspecified atom stereocenters. The number of fused-ring (bicyclic) bond motifs is 1. The lowest BCUT2D eigenvalue weighted by Crippen LogP contribution is -2.25. The van der Waals surface area contributed by atoms with Gasteiger partial charge in [0.2, 0.25) is 0 Å². The number of sulfonamides is 1. The molecule has 2 aromatic carbocycles. The first-order valence-electron chi connectivity index (χ1n) is 8.83. The maximum atomic E-state index is 12.5. The second-order valence-corrected chi connectivity index (χ2v) is 8.03. The van der Waals surface area contributed by atoms with E-state index in [0.29, 0.717) is 22.7 Å². The molecule has 152 valence electrons. The second-order valence-electron chi connectivity index (χ2n) is 6.35. The van der Waals surface area contributed by atoms with Crippen molar-refractivity contribution in [3.8, 4) is 5.75 Å². The minimum atomic E-state index is -3.81. The van der Waals surface area contributed by atoms with E-state index in [1.54, 1.807) is 24.3 Å². The van der Waals surface area contributed by atoms with Crippen molar-refractivity contribution >= 4 is 39.0 Å². The summed E-state index contributed by atoms with van der Waals surface area (Å²) in [6.07, 6.45) is 1.48. The zero-order valence-electron chi connectivity index (χ0n) is 15.5. The Hall–Kier alpha value is -3.92. The number of anilines is 3. The monoisotopic (exact) mass is 424 g/mol. The summed E-state index contributed by atoms with van der Waals surface area (Å²) in [7, 11) is -3.81. The van der Waals surface area contributed by atoms with Crippen molar-refractivity contribution in [2.24, 2.45) is 0 Å². The Kier molecular flexibility index (Phi) is 5.07. The highest BCUT2D eigenvalue weighted by atomic mass is 32.2. The third-order valence-electron chi connectivity index (χ3n) is 4.20. The summed E-state index contributed by atoms with van der Waals surface area (Å²) in [5.74, 6) is -0.0181. The van der Waals surface area contributed by atoms with Gasteiger partial charge in [0.1, 0.15) is 11.6 Å². The Balaban J connectivity index is 1.46. The Morgan fingerprint density at radius 3 is 2.60 bits per heavy atom. The number of nitrogens with zero attached hydrogens (tertiary/aromatic N) is 1. The molecule has 2 heterocycles. The highest BCUT2D eigenvalue weighted by molar-refractivity contribution is 7.92. The smallest absolute Gasteiger partial charge is 0.263 e. The van der Waals surface area contributed by atoms with Crippen LogP contribution in [-0.2, 0) is 14.8 Å². The van der Waals surface area contributed by atoms with Crippen molar-refractivity contribution in [2.75, 3.05) is 22.0 Å². The minimum absolute atomic E-state index is 0.0276. The summed E-state index contributed by atoms with van der Waals surface area (Å²) >= 11 is 0. The van der Waals surface area contributed by atoms with Gasteiger partial charge in [0, 0.05) is 17.4 Å². The number of aromatic nitrogens is 1. The molecule has 10 heteroatoms.